The first-order valence-electron chi connectivity index (χ1n) is 7.23. The van der Waals surface area contributed by atoms with Crippen molar-refractivity contribution < 1.29 is 0 Å². The van der Waals surface area contributed by atoms with Gasteiger partial charge in [-0.3, -0.25) is 0 Å². The molecule has 6 nitrogen and oxygen atoms in total. The number of hydrogen-bond donors (Lipinski definition) is 1. The summed E-state index contributed by atoms with van der Waals surface area (Å²) >= 11 is 0. The molecule has 0 bridgehead atoms. The van der Waals surface area contributed by atoms with Gasteiger partial charge in [-0.25, -0.2) is 4.98 Å². The highest BCUT2D eigenvalue weighted by Crippen LogP contribution is 2.22. The molecule has 0 aliphatic rings. The van der Waals surface area contributed by atoms with Gasteiger partial charge in [-0.15, -0.1) is 5.10 Å². The van der Waals surface area contributed by atoms with Crippen molar-refractivity contribution in [2.45, 2.75) is 6.92 Å². The number of nitrogens with two attached hydrogens (primary N) is 1. The van der Waals surface area contributed by atoms with Gasteiger partial charge in [0.05, 0.1) is 0 Å². The summed E-state index contributed by atoms with van der Waals surface area (Å²) in [6, 6.07) is 17.9. The lowest BCUT2D eigenvalue weighted by Crippen LogP contribution is -2.03. The first-order valence-corrected chi connectivity index (χ1v) is 7.23. The van der Waals surface area contributed by atoms with Gasteiger partial charge < -0.3 is 5.73 Å². The summed E-state index contributed by atoms with van der Waals surface area (Å²) in [4.78, 5) is 13.3. The predicted octanol–water partition coefficient (Wildman–Crippen LogP) is 2.74. The van der Waals surface area contributed by atoms with Crippen molar-refractivity contribution in [1.29, 1.82) is 0 Å². The Kier molecular flexibility index (Phi) is 3.01. The lowest BCUT2D eigenvalue weighted by Gasteiger charge is -2.06. The molecule has 0 spiro atoms. The van der Waals surface area contributed by atoms with Crippen molar-refractivity contribution in [3.8, 4) is 22.8 Å². The lowest BCUT2D eigenvalue weighted by molar-refractivity contribution is 0.910. The first kappa shape index (κ1) is 13.4. The highest BCUT2D eigenvalue weighted by Gasteiger charge is 2.14. The Morgan fingerprint density at radius 2 is 1.57 bits per heavy atom. The molecule has 2 aromatic carbocycles. The fraction of sp³-hybridized carbons (Fsp3) is 0.0588. The summed E-state index contributed by atoms with van der Waals surface area (Å²) in [5.74, 6) is 1.88. The Labute approximate surface area is 132 Å². The van der Waals surface area contributed by atoms with Crippen molar-refractivity contribution >= 4 is 11.7 Å². The van der Waals surface area contributed by atoms with Gasteiger partial charge >= 0.3 is 0 Å². The minimum absolute atomic E-state index is 0.179. The third-order valence-corrected chi connectivity index (χ3v) is 3.57. The van der Waals surface area contributed by atoms with Gasteiger partial charge in [-0.2, -0.15) is 14.5 Å². The Hall–Kier alpha value is -3.28. The summed E-state index contributed by atoms with van der Waals surface area (Å²) in [5, 5.41) is 4.21. The molecule has 4 aromatic rings. The molecule has 4 rings (SSSR count). The molecule has 0 saturated carbocycles. The van der Waals surface area contributed by atoms with Gasteiger partial charge in [0.2, 0.25) is 5.95 Å². The van der Waals surface area contributed by atoms with Gasteiger partial charge in [0.1, 0.15) is 0 Å². The van der Waals surface area contributed by atoms with Crippen LogP contribution in [0.25, 0.3) is 28.6 Å². The van der Waals surface area contributed by atoms with Crippen molar-refractivity contribution in [2.75, 3.05) is 5.73 Å². The molecule has 0 fully saturated rings. The molecule has 0 unspecified atom stereocenters. The molecule has 0 aliphatic heterocycles. The van der Waals surface area contributed by atoms with Crippen LogP contribution in [0.3, 0.4) is 0 Å². The number of nitrogen functional groups attached to an aromatic ring is 1. The highest BCUT2D eigenvalue weighted by molar-refractivity contribution is 5.64. The second-order valence-electron chi connectivity index (χ2n) is 5.28. The summed E-state index contributed by atoms with van der Waals surface area (Å²) in [7, 11) is 0. The topological polar surface area (TPSA) is 82.0 Å². The number of hydrogen-bond acceptors (Lipinski definition) is 5. The number of aromatic nitrogens is 5. The number of nitrogens with zero attached hydrogens (tertiary/aromatic N) is 5. The molecule has 0 atom stereocenters. The first-order chi connectivity index (χ1) is 11.2. The summed E-state index contributed by atoms with van der Waals surface area (Å²) in [6.45, 7) is 2.04. The van der Waals surface area contributed by atoms with E-state index in [0.717, 1.165) is 11.1 Å². The van der Waals surface area contributed by atoms with E-state index in [0.29, 0.717) is 17.4 Å². The van der Waals surface area contributed by atoms with Gasteiger partial charge in [0.15, 0.2) is 11.6 Å². The van der Waals surface area contributed by atoms with Gasteiger partial charge in [-0.1, -0.05) is 60.2 Å². The normalized spacial score (nSPS) is 11.0. The van der Waals surface area contributed by atoms with Crippen molar-refractivity contribution in [3.05, 3.63) is 60.2 Å². The van der Waals surface area contributed by atoms with Crippen LogP contribution in [0.15, 0.2) is 54.6 Å². The zero-order valence-corrected chi connectivity index (χ0v) is 12.5. The van der Waals surface area contributed by atoms with Crippen LogP contribution in [-0.4, -0.2) is 24.6 Å². The Morgan fingerprint density at radius 1 is 0.826 bits per heavy atom. The minimum Gasteiger partial charge on any atom is -0.366 e. The van der Waals surface area contributed by atoms with E-state index < -0.39 is 0 Å². The molecule has 0 radical (unpaired) electrons. The number of fused-ring (bicyclic) bond motifs is 1. The molecule has 23 heavy (non-hydrogen) atoms. The monoisotopic (exact) mass is 302 g/mol. The maximum Gasteiger partial charge on any atom is 0.258 e. The molecule has 0 aliphatic carbocycles. The van der Waals surface area contributed by atoms with Crippen LogP contribution < -0.4 is 5.73 Å². The average molecular weight is 302 g/mol. The average Bonchev–Trinajstić information content (AvgIpc) is 2.96. The largest absolute Gasteiger partial charge is 0.366 e. The van der Waals surface area contributed by atoms with Crippen LogP contribution in [0.2, 0.25) is 0 Å². The predicted molar refractivity (Wildman–Crippen MR) is 88.6 cm³/mol. The zero-order chi connectivity index (χ0) is 15.8. The number of anilines is 1. The molecule has 6 heteroatoms. The number of benzene rings is 2. The van der Waals surface area contributed by atoms with E-state index in [9.17, 15) is 0 Å². The van der Waals surface area contributed by atoms with Crippen LogP contribution in [0.4, 0.5) is 5.95 Å². The van der Waals surface area contributed by atoms with Gasteiger partial charge in [0.25, 0.3) is 5.78 Å². The van der Waals surface area contributed by atoms with Crippen LogP contribution in [0, 0.1) is 6.92 Å². The Bertz CT molecular complexity index is 973. The number of rotatable bonds is 2. The minimum atomic E-state index is 0.179. The third-order valence-electron chi connectivity index (χ3n) is 3.57. The molecule has 0 amide bonds. The Morgan fingerprint density at radius 3 is 2.30 bits per heavy atom. The van der Waals surface area contributed by atoms with E-state index in [-0.39, 0.29) is 5.95 Å². The fourth-order valence-electron chi connectivity index (χ4n) is 2.41. The highest BCUT2D eigenvalue weighted by atomic mass is 15.4. The van der Waals surface area contributed by atoms with E-state index in [1.54, 1.807) is 4.52 Å². The van der Waals surface area contributed by atoms with Crippen molar-refractivity contribution in [3.63, 3.8) is 0 Å². The van der Waals surface area contributed by atoms with E-state index in [1.807, 2.05) is 61.5 Å². The third kappa shape index (κ3) is 2.40. The summed E-state index contributed by atoms with van der Waals surface area (Å²) < 4.78 is 1.58. The van der Waals surface area contributed by atoms with Crippen LogP contribution in [0.1, 0.15) is 5.56 Å². The molecule has 0 saturated heterocycles. The molecular weight excluding hydrogens is 288 g/mol. The maximum absolute atomic E-state index is 5.74. The fourth-order valence-corrected chi connectivity index (χ4v) is 2.41. The van der Waals surface area contributed by atoms with E-state index in [2.05, 4.69) is 20.1 Å². The lowest BCUT2D eigenvalue weighted by atomic mass is 10.1. The van der Waals surface area contributed by atoms with E-state index >= 15 is 0 Å². The summed E-state index contributed by atoms with van der Waals surface area (Å²) in [5.41, 5.74) is 8.78. The second-order valence-corrected chi connectivity index (χ2v) is 5.28. The smallest absolute Gasteiger partial charge is 0.258 e. The number of aryl methyl sites for hydroxylation is 1. The maximum atomic E-state index is 5.74. The quantitative estimate of drug-likeness (QED) is 0.615. The Balaban J connectivity index is 1.99. The van der Waals surface area contributed by atoms with Crippen molar-refractivity contribution in [1.82, 2.24) is 24.6 Å². The van der Waals surface area contributed by atoms with Gasteiger partial charge in [0, 0.05) is 11.1 Å². The molecule has 2 aromatic heterocycles. The summed E-state index contributed by atoms with van der Waals surface area (Å²) in [6.07, 6.45) is 0. The molecular formula is C17H14N6. The molecule has 2 N–H and O–H groups in total. The van der Waals surface area contributed by atoms with Crippen LogP contribution >= 0.6 is 0 Å². The van der Waals surface area contributed by atoms with Crippen LogP contribution in [0.5, 0.6) is 0 Å². The standard InChI is InChI=1S/C17H14N6/c1-11-7-9-13(10-8-11)15-19-14(12-5-3-2-4-6-12)20-17-21-16(18)22-23(15)17/h2-10H,1H3,(H2,18,22). The van der Waals surface area contributed by atoms with E-state index in [1.165, 1.54) is 5.56 Å². The molecule has 112 valence electrons. The zero-order valence-electron chi connectivity index (χ0n) is 12.5. The van der Waals surface area contributed by atoms with Crippen LogP contribution in [-0.2, 0) is 0 Å². The molecule has 2 heterocycles. The van der Waals surface area contributed by atoms with Crippen molar-refractivity contribution in [2.24, 2.45) is 0 Å². The van der Waals surface area contributed by atoms with E-state index in [4.69, 9.17) is 5.73 Å². The van der Waals surface area contributed by atoms with Gasteiger partial charge in [-0.05, 0) is 6.92 Å². The second kappa shape index (κ2) is 5.17. The SMILES string of the molecule is Cc1ccc(-c2nc(-c3ccccc3)nc3nc(N)nn23)cc1.